The van der Waals surface area contributed by atoms with E-state index in [9.17, 15) is 0 Å². The van der Waals surface area contributed by atoms with Gasteiger partial charge in [-0.15, -0.1) is 11.3 Å². The number of rotatable bonds is 3. The third-order valence-electron chi connectivity index (χ3n) is 2.77. The fourth-order valence-electron chi connectivity index (χ4n) is 1.92. The van der Waals surface area contributed by atoms with Crippen LogP contribution in [0.15, 0.2) is 42.0 Å². The van der Waals surface area contributed by atoms with Crippen LogP contribution >= 0.6 is 11.3 Å². The molecule has 3 nitrogen and oxygen atoms in total. The summed E-state index contributed by atoms with van der Waals surface area (Å²) in [4.78, 5) is 4.30. The molecule has 0 unspecified atom stereocenters. The van der Waals surface area contributed by atoms with Gasteiger partial charge >= 0.3 is 0 Å². The van der Waals surface area contributed by atoms with E-state index in [1.807, 2.05) is 23.7 Å². The van der Waals surface area contributed by atoms with E-state index in [-0.39, 0.29) is 0 Å². The lowest BCUT2D eigenvalue weighted by molar-refractivity contribution is 0.415. The zero-order valence-corrected chi connectivity index (χ0v) is 10.3. The van der Waals surface area contributed by atoms with Crippen LogP contribution in [0, 0.1) is 0 Å². The van der Waals surface area contributed by atoms with Gasteiger partial charge < -0.3 is 9.30 Å². The van der Waals surface area contributed by atoms with Gasteiger partial charge in [-0.1, -0.05) is 0 Å². The molecule has 0 atom stereocenters. The highest BCUT2D eigenvalue weighted by atomic mass is 32.1. The molecule has 0 spiro atoms. The van der Waals surface area contributed by atoms with E-state index in [0.717, 1.165) is 17.3 Å². The summed E-state index contributed by atoms with van der Waals surface area (Å²) >= 11 is 1.68. The predicted octanol–water partition coefficient (Wildman–Crippen LogP) is 3.15. The van der Waals surface area contributed by atoms with E-state index in [1.165, 1.54) is 10.9 Å². The van der Waals surface area contributed by atoms with Gasteiger partial charge in [0, 0.05) is 28.7 Å². The minimum atomic E-state index is 0.827. The summed E-state index contributed by atoms with van der Waals surface area (Å²) in [5.41, 5.74) is 1.21. The average Bonchev–Trinajstić information content (AvgIpc) is 2.99. The molecular weight excluding hydrogens is 232 g/mol. The third-order valence-corrected chi connectivity index (χ3v) is 3.53. The summed E-state index contributed by atoms with van der Waals surface area (Å²) in [6.45, 7) is 0.827. The Kier molecular flexibility index (Phi) is 2.57. The van der Waals surface area contributed by atoms with Crippen LogP contribution in [0.3, 0.4) is 0 Å². The van der Waals surface area contributed by atoms with Crippen molar-refractivity contribution in [3.63, 3.8) is 0 Å². The van der Waals surface area contributed by atoms with Crippen molar-refractivity contribution in [1.82, 2.24) is 9.55 Å². The first-order chi connectivity index (χ1) is 8.36. The number of aromatic nitrogens is 2. The molecule has 0 radical (unpaired) electrons. The lowest BCUT2D eigenvalue weighted by Crippen LogP contribution is -1.96. The van der Waals surface area contributed by atoms with Crippen molar-refractivity contribution in [1.29, 1.82) is 0 Å². The van der Waals surface area contributed by atoms with E-state index in [1.54, 1.807) is 18.4 Å². The van der Waals surface area contributed by atoms with Crippen LogP contribution in [0.5, 0.6) is 5.75 Å². The highest BCUT2D eigenvalue weighted by Gasteiger charge is 2.04. The Labute approximate surface area is 103 Å². The smallest absolute Gasteiger partial charge is 0.119 e. The molecule has 0 fully saturated rings. The van der Waals surface area contributed by atoms with Gasteiger partial charge in [0.2, 0.25) is 0 Å². The van der Waals surface area contributed by atoms with E-state index in [4.69, 9.17) is 4.74 Å². The Morgan fingerprint density at radius 1 is 1.35 bits per heavy atom. The van der Waals surface area contributed by atoms with Crippen LogP contribution in [0.1, 0.15) is 5.01 Å². The number of ether oxygens (including phenoxy) is 1. The fourth-order valence-corrected chi connectivity index (χ4v) is 2.53. The minimum Gasteiger partial charge on any atom is -0.497 e. The van der Waals surface area contributed by atoms with E-state index in [0.29, 0.717) is 0 Å². The SMILES string of the molecule is COc1ccc2c(ccn2Cc2nccs2)c1. The number of thiazole rings is 1. The highest BCUT2D eigenvalue weighted by molar-refractivity contribution is 7.09. The molecule has 2 aromatic heterocycles. The van der Waals surface area contributed by atoms with Gasteiger partial charge in [-0.2, -0.15) is 0 Å². The van der Waals surface area contributed by atoms with Gasteiger partial charge in [0.1, 0.15) is 10.8 Å². The van der Waals surface area contributed by atoms with Crippen LogP contribution < -0.4 is 4.74 Å². The van der Waals surface area contributed by atoms with Crippen molar-refractivity contribution in [3.05, 3.63) is 47.0 Å². The summed E-state index contributed by atoms with van der Waals surface area (Å²) in [7, 11) is 1.69. The van der Waals surface area contributed by atoms with E-state index >= 15 is 0 Å². The molecule has 0 N–H and O–H groups in total. The first kappa shape index (κ1) is 10.4. The standard InChI is InChI=1S/C13H12N2OS/c1-16-11-2-3-12-10(8-11)4-6-15(12)9-13-14-5-7-17-13/h2-8H,9H2,1H3. The molecule has 0 saturated heterocycles. The lowest BCUT2D eigenvalue weighted by atomic mass is 10.2. The van der Waals surface area contributed by atoms with E-state index in [2.05, 4.69) is 27.9 Å². The molecular formula is C13H12N2OS. The molecule has 0 aliphatic rings. The molecule has 0 saturated carbocycles. The first-order valence-electron chi connectivity index (χ1n) is 5.38. The molecule has 86 valence electrons. The number of nitrogens with zero attached hydrogens (tertiary/aromatic N) is 2. The minimum absolute atomic E-state index is 0.827. The summed E-state index contributed by atoms with van der Waals surface area (Å²) in [6.07, 6.45) is 3.93. The number of methoxy groups -OCH3 is 1. The Balaban J connectivity index is 2.00. The topological polar surface area (TPSA) is 27.1 Å². The summed E-state index contributed by atoms with van der Waals surface area (Å²) in [5.74, 6) is 0.893. The van der Waals surface area contributed by atoms with Crippen LogP contribution in [0.4, 0.5) is 0 Å². The summed E-state index contributed by atoms with van der Waals surface area (Å²) in [6, 6.07) is 8.22. The lowest BCUT2D eigenvalue weighted by Gasteiger charge is -2.04. The Morgan fingerprint density at radius 2 is 2.29 bits per heavy atom. The van der Waals surface area contributed by atoms with Crippen molar-refractivity contribution in [3.8, 4) is 5.75 Å². The van der Waals surface area contributed by atoms with Crippen molar-refractivity contribution in [2.45, 2.75) is 6.54 Å². The highest BCUT2D eigenvalue weighted by Crippen LogP contribution is 2.22. The molecule has 3 rings (SSSR count). The maximum atomic E-state index is 5.22. The fraction of sp³-hybridized carbons (Fsp3) is 0.154. The Morgan fingerprint density at radius 3 is 3.06 bits per heavy atom. The number of benzene rings is 1. The molecule has 3 aromatic rings. The molecule has 0 bridgehead atoms. The summed E-state index contributed by atoms with van der Waals surface area (Å²) in [5, 5.41) is 4.32. The van der Waals surface area contributed by atoms with Crippen LogP contribution in [-0.4, -0.2) is 16.7 Å². The van der Waals surface area contributed by atoms with E-state index < -0.39 is 0 Å². The van der Waals surface area contributed by atoms with Crippen LogP contribution in [0.2, 0.25) is 0 Å². The second-order valence-electron chi connectivity index (χ2n) is 3.79. The van der Waals surface area contributed by atoms with Crippen molar-refractivity contribution >= 4 is 22.2 Å². The zero-order valence-electron chi connectivity index (χ0n) is 9.46. The maximum Gasteiger partial charge on any atom is 0.119 e. The van der Waals surface area contributed by atoms with Gasteiger partial charge in [-0.25, -0.2) is 4.98 Å². The number of hydrogen-bond acceptors (Lipinski definition) is 3. The quantitative estimate of drug-likeness (QED) is 0.707. The molecule has 0 amide bonds. The Bertz CT molecular complexity index is 628. The second-order valence-corrected chi connectivity index (χ2v) is 4.77. The predicted molar refractivity (Wildman–Crippen MR) is 69.7 cm³/mol. The monoisotopic (exact) mass is 244 g/mol. The van der Waals surface area contributed by atoms with Gasteiger partial charge in [0.15, 0.2) is 0 Å². The first-order valence-corrected chi connectivity index (χ1v) is 6.26. The number of hydrogen-bond donors (Lipinski definition) is 0. The summed E-state index contributed by atoms with van der Waals surface area (Å²) < 4.78 is 7.42. The molecule has 0 aliphatic heterocycles. The van der Waals surface area contributed by atoms with Gasteiger partial charge in [-0.3, -0.25) is 0 Å². The third kappa shape index (κ3) is 1.91. The second kappa shape index (κ2) is 4.22. The number of fused-ring (bicyclic) bond motifs is 1. The molecule has 1 aromatic carbocycles. The van der Waals surface area contributed by atoms with Crippen LogP contribution in [-0.2, 0) is 6.54 Å². The van der Waals surface area contributed by atoms with Crippen molar-refractivity contribution in [2.75, 3.05) is 7.11 Å². The largest absolute Gasteiger partial charge is 0.497 e. The molecule has 0 aliphatic carbocycles. The van der Waals surface area contributed by atoms with Crippen LogP contribution in [0.25, 0.3) is 10.9 Å². The van der Waals surface area contributed by atoms with Gasteiger partial charge in [-0.05, 0) is 24.3 Å². The normalized spacial score (nSPS) is 10.9. The van der Waals surface area contributed by atoms with Crippen molar-refractivity contribution in [2.24, 2.45) is 0 Å². The average molecular weight is 244 g/mol. The van der Waals surface area contributed by atoms with Gasteiger partial charge in [0.25, 0.3) is 0 Å². The maximum absolute atomic E-state index is 5.22. The zero-order chi connectivity index (χ0) is 11.7. The molecule has 4 heteroatoms. The molecule has 17 heavy (non-hydrogen) atoms. The van der Waals surface area contributed by atoms with Crippen molar-refractivity contribution < 1.29 is 4.74 Å². The Hall–Kier alpha value is -1.81. The molecule has 2 heterocycles. The van der Waals surface area contributed by atoms with Gasteiger partial charge in [0.05, 0.1) is 13.7 Å².